The number of nitrogens with zero attached hydrogens (tertiary/aromatic N) is 1. The minimum absolute atomic E-state index is 0.287. The number of hydrogen-bond acceptors (Lipinski definition) is 3. The largest absolute Gasteiger partial charge is 0.454 e. The van der Waals surface area contributed by atoms with Gasteiger partial charge in [-0.1, -0.05) is 13.0 Å². The van der Waals surface area contributed by atoms with Gasteiger partial charge in [-0.3, -0.25) is 0 Å². The van der Waals surface area contributed by atoms with Gasteiger partial charge >= 0.3 is 0 Å². The van der Waals surface area contributed by atoms with Crippen molar-refractivity contribution in [2.45, 2.75) is 38.0 Å². The zero-order valence-corrected chi connectivity index (χ0v) is 10.6. The molecule has 0 atom stereocenters. The number of hydrogen-bond donors (Lipinski definition) is 0. The summed E-state index contributed by atoms with van der Waals surface area (Å²) in [6.45, 7) is 2.55. The second-order valence-corrected chi connectivity index (χ2v) is 5.44. The average Bonchev–Trinajstić information content (AvgIpc) is 2.87. The van der Waals surface area contributed by atoms with Crippen LogP contribution in [0.15, 0.2) is 18.2 Å². The normalized spacial score (nSPS) is 29.9. The van der Waals surface area contributed by atoms with Crippen LogP contribution >= 0.6 is 0 Å². The number of ether oxygens (including phenoxy) is 2. The Balaban J connectivity index is 1.95. The Hall–Kier alpha value is -1.69. The highest BCUT2D eigenvalue weighted by molar-refractivity contribution is 5.48. The van der Waals surface area contributed by atoms with E-state index in [0.29, 0.717) is 0 Å². The molecule has 0 unspecified atom stereocenters. The standard InChI is InChI=1S/C15H17NO2/c1-11-4-6-15(9-16,7-5-11)12-2-3-13-14(8-12)18-10-17-13/h2-3,8,11H,4-7,10H2,1H3. The third-order valence-corrected chi connectivity index (χ3v) is 4.27. The molecular formula is C15H17NO2. The van der Waals surface area contributed by atoms with E-state index in [1.54, 1.807) is 0 Å². The molecule has 0 aromatic heterocycles. The molecule has 18 heavy (non-hydrogen) atoms. The van der Waals surface area contributed by atoms with Crippen LogP contribution in [-0.4, -0.2) is 6.79 Å². The van der Waals surface area contributed by atoms with Crippen molar-refractivity contribution in [3.63, 3.8) is 0 Å². The molecule has 0 radical (unpaired) electrons. The third-order valence-electron chi connectivity index (χ3n) is 4.27. The van der Waals surface area contributed by atoms with Crippen molar-refractivity contribution >= 4 is 0 Å². The number of benzene rings is 1. The predicted octanol–water partition coefficient (Wildman–Crippen LogP) is 3.39. The van der Waals surface area contributed by atoms with Crippen LogP contribution in [0.3, 0.4) is 0 Å². The van der Waals surface area contributed by atoms with Gasteiger partial charge < -0.3 is 9.47 Å². The van der Waals surface area contributed by atoms with Crippen LogP contribution in [0.2, 0.25) is 0 Å². The molecule has 2 aliphatic rings. The maximum absolute atomic E-state index is 9.61. The molecule has 0 spiro atoms. The fourth-order valence-electron chi connectivity index (χ4n) is 2.91. The highest BCUT2D eigenvalue weighted by Gasteiger charge is 2.36. The van der Waals surface area contributed by atoms with Gasteiger partial charge in [-0.25, -0.2) is 0 Å². The van der Waals surface area contributed by atoms with Crippen molar-refractivity contribution in [2.24, 2.45) is 5.92 Å². The fourth-order valence-corrected chi connectivity index (χ4v) is 2.91. The summed E-state index contributed by atoms with van der Waals surface area (Å²) >= 11 is 0. The summed E-state index contributed by atoms with van der Waals surface area (Å²) in [7, 11) is 0. The third kappa shape index (κ3) is 1.73. The second-order valence-electron chi connectivity index (χ2n) is 5.44. The molecule has 1 aliphatic heterocycles. The van der Waals surface area contributed by atoms with E-state index in [4.69, 9.17) is 9.47 Å². The molecule has 3 heteroatoms. The van der Waals surface area contributed by atoms with Crippen LogP contribution in [0.25, 0.3) is 0 Å². The molecule has 1 aromatic carbocycles. The van der Waals surface area contributed by atoms with Gasteiger partial charge in [-0.2, -0.15) is 5.26 Å². The molecular weight excluding hydrogens is 226 g/mol. The van der Waals surface area contributed by atoms with E-state index in [-0.39, 0.29) is 12.2 Å². The first-order valence-electron chi connectivity index (χ1n) is 6.55. The van der Waals surface area contributed by atoms with Gasteiger partial charge in [0, 0.05) is 0 Å². The summed E-state index contributed by atoms with van der Waals surface area (Å²) in [4.78, 5) is 0. The lowest BCUT2D eigenvalue weighted by atomic mass is 9.68. The second kappa shape index (κ2) is 4.20. The monoisotopic (exact) mass is 243 g/mol. The molecule has 3 nitrogen and oxygen atoms in total. The Morgan fingerprint density at radius 3 is 2.67 bits per heavy atom. The topological polar surface area (TPSA) is 42.2 Å². The Bertz CT molecular complexity index is 496. The lowest BCUT2D eigenvalue weighted by molar-refractivity contribution is 0.174. The highest BCUT2D eigenvalue weighted by atomic mass is 16.7. The minimum Gasteiger partial charge on any atom is -0.454 e. The van der Waals surface area contributed by atoms with Crippen molar-refractivity contribution < 1.29 is 9.47 Å². The maximum atomic E-state index is 9.61. The smallest absolute Gasteiger partial charge is 0.231 e. The molecule has 3 rings (SSSR count). The van der Waals surface area contributed by atoms with Crippen LogP contribution in [0, 0.1) is 17.2 Å². The fraction of sp³-hybridized carbons (Fsp3) is 0.533. The predicted molar refractivity (Wildman–Crippen MR) is 67.5 cm³/mol. The Morgan fingerprint density at radius 2 is 1.94 bits per heavy atom. The van der Waals surface area contributed by atoms with E-state index in [9.17, 15) is 5.26 Å². The molecule has 94 valence electrons. The Kier molecular flexibility index (Phi) is 2.66. The summed E-state index contributed by atoms with van der Waals surface area (Å²) in [5.74, 6) is 2.30. The zero-order valence-electron chi connectivity index (χ0n) is 10.6. The van der Waals surface area contributed by atoms with E-state index in [2.05, 4.69) is 13.0 Å². The number of nitriles is 1. The van der Waals surface area contributed by atoms with Crippen molar-refractivity contribution in [2.75, 3.05) is 6.79 Å². The first kappa shape index (κ1) is 11.4. The lowest BCUT2D eigenvalue weighted by Crippen LogP contribution is -2.29. The quantitative estimate of drug-likeness (QED) is 0.759. The Labute approximate surface area is 107 Å². The lowest BCUT2D eigenvalue weighted by Gasteiger charge is -2.34. The SMILES string of the molecule is CC1CCC(C#N)(c2ccc3c(c2)OCO3)CC1. The average molecular weight is 243 g/mol. The van der Waals surface area contributed by atoms with E-state index >= 15 is 0 Å². The van der Waals surface area contributed by atoms with Crippen molar-refractivity contribution in [3.8, 4) is 17.6 Å². The van der Waals surface area contributed by atoms with Crippen LogP contribution in [0.1, 0.15) is 38.2 Å². The van der Waals surface area contributed by atoms with Gasteiger partial charge in [0.2, 0.25) is 6.79 Å². The first-order chi connectivity index (χ1) is 8.73. The number of fused-ring (bicyclic) bond motifs is 1. The van der Waals surface area contributed by atoms with E-state index in [1.807, 2.05) is 18.2 Å². The van der Waals surface area contributed by atoms with Gasteiger partial charge in [0.1, 0.15) is 0 Å². The van der Waals surface area contributed by atoms with Gasteiger partial charge in [-0.05, 0) is 49.3 Å². The number of rotatable bonds is 1. The van der Waals surface area contributed by atoms with Gasteiger partial charge in [0.25, 0.3) is 0 Å². The van der Waals surface area contributed by atoms with Gasteiger partial charge in [-0.15, -0.1) is 0 Å². The minimum atomic E-state index is -0.326. The summed E-state index contributed by atoms with van der Waals surface area (Å²) in [5.41, 5.74) is 0.758. The van der Waals surface area contributed by atoms with Crippen LogP contribution in [-0.2, 0) is 5.41 Å². The molecule has 0 saturated heterocycles. The molecule has 1 aliphatic carbocycles. The van der Waals surface area contributed by atoms with Crippen molar-refractivity contribution in [3.05, 3.63) is 23.8 Å². The Morgan fingerprint density at radius 1 is 1.22 bits per heavy atom. The maximum Gasteiger partial charge on any atom is 0.231 e. The van der Waals surface area contributed by atoms with E-state index in [0.717, 1.165) is 48.7 Å². The van der Waals surface area contributed by atoms with E-state index in [1.165, 1.54) is 0 Å². The van der Waals surface area contributed by atoms with Gasteiger partial charge in [0.05, 0.1) is 11.5 Å². The zero-order chi connectivity index (χ0) is 12.6. The first-order valence-corrected chi connectivity index (χ1v) is 6.55. The van der Waals surface area contributed by atoms with Crippen molar-refractivity contribution in [1.82, 2.24) is 0 Å². The van der Waals surface area contributed by atoms with Crippen LogP contribution in [0.5, 0.6) is 11.5 Å². The molecule has 0 amide bonds. The molecule has 0 bridgehead atoms. The highest BCUT2D eigenvalue weighted by Crippen LogP contribution is 2.44. The van der Waals surface area contributed by atoms with Crippen LogP contribution < -0.4 is 9.47 Å². The van der Waals surface area contributed by atoms with Crippen molar-refractivity contribution in [1.29, 1.82) is 5.26 Å². The molecule has 1 aromatic rings. The summed E-state index contributed by atoms with van der Waals surface area (Å²) in [6.07, 6.45) is 4.15. The molecule has 1 heterocycles. The molecule has 0 N–H and O–H groups in total. The summed E-state index contributed by atoms with van der Waals surface area (Å²) < 4.78 is 10.7. The summed E-state index contributed by atoms with van der Waals surface area (Å²) in [6, 6.07) is 8.48. The van der Waals surface area contributed by atoms with Crippen LogP contribution in [0.4, 0.5) is 0 Å². The molecule has 1 saturated carbocycles. The van der Waals surface area contributed by atoms with Gasteiger partial charge in [0.15, 0.2) is 11.5 Å². The van der Waals surface area contributed by atoms with E-state index < -0.39 is 0 Å². The summed E-state index contributed by atoms with van der Waals surface area (Å²) in [5, 5.41) is 9.61. The molecule has 1 fully saturated rings.